The molecule has 0 aliphatic carbocycles. The Morgan fingerprint density at radius 2 is 2.18 bits per heavy atom. The zero-order valence-corrected chi connectivity index (χ0v) is 14.1. The molecule has 0 aromatic heterocycles. The Morgan fingerprint density at radius 1 is 1.41 bits per heavy atom. The Morgan fingerprint density at radius 3 is 2.82 bits per heavy atom. The number of amides is 1. The number of piperidine rings is 1. The first-order chi connectivity index (χ1) is 10.4. The Hall–Kier alpha value is -1.55. The molecule has 2 unspecified atom stereocenters. The number of benzene rings is 1. The molecular formula is C18H28N2O2. The minimum atomic E-state index is -0.489. The van der Waals surface area contributed by atoms with Crippen molar-refractivity contribution in [2.45, 2.75) is 58.1 Å². The van der Waals surface area contributed by atoms with Crippen LogP contribution in [0.2, 0.25) is 0 Å². The lowest BCUT2D eigenvalue weighted by atomic mass is 9.87. The zero-order chi connectivity index (χ0) is 16.2. The summed E-state index contributed by atoms with van der Waals surface area (Å²) in [7, 11) is 0. The van der Waals surface area contributed by atoms with E-state index in [2.05, 4.69) is 37.5 Å². The van der Waals surface area contributed by atoms with E-state index >= 15 is 0 Å². The van der Waals surface area contributed by atoms with Gasteiger partial charge in [-0.1, -0.05) is 32.9 Å². The van der Waals surface area contributed by atoms with Crippen LogP contribution in [-0.4, -0.2) is 31.1 Å². The molecule has 1 saturated heterocycles. The van der Waals surface area contributed by atoms with Gasteiger partial charge in [0.1, 0.15) is 5.75 Å². The Balaban J connectivity index is 1.93. The van der Waals surface area contributed by atoms with Gasteiger partial charge in [-0.05, 0) is 49.4 Å². The summed E-state index contributed by atoms with van der Waals surface area (Å²) in [5.41, 5.74) is 1.27. The Labute approximate surface area is 133 Å². The molecular weight excluding hydrogens is 276 g/mol. The lowest BCUT2D eigenvalue weighted by Crippen LogP contribution is -2.49. The van der Waals surface area contributed by atoms with Crippen LogP contribution in [0.1, 0.15) is 46.1 Å². The van der Waals surface area contributed by atoms with Gasteiger partial charge in [0.25, 0.3) is 5.91 Å². The number of carbonyl (C=O) groups is 1. The van der Waals surface area contributed by atoms with E-state index in [4.69, 9.17) is 4.74 Å². The van der Waals surface area contributed by atoms with Crippen LogP contribution in [0.5, 0.6) is 5.75 Å². The van der Waals surface area contributed by atoms with Crippen molar-refractivity contribution < 1.29 is 9.53 Å². The van der Waals surface area contributed by atoms with Gasteiger partial charge in [0, 0.05) is 12.6 Å². The monoisotopic (exact) mass is 304 g/mol. The fraction of sp³-hybridized carbons (Fsp3) is 0.611. The van der Waals surface area contributed by atoms with Crippen LogP contribution in [0.25, 0.3) is 0 Å². The van der Waals surface area contributed by atoms with Gasteiger partial charge in [0.05, 0.1) is 0 Å². The first-order valence-corrected chi connectivity index (χ1v) is 8.14. The average molecular weight is 304 g/mol. The molecule has 2 atom stereocenters. The second-order valence-corrected chi connectivity index (χ2v) is 7.09. The van der Waals surface area contributed by atoms with Crippen LogP contribution in [0, 0.1) is 0 Å². The SMILES string of the molecule is CC(Oc1cccc(C(C)(C)C)c1)C(=O)NC1CCCNC1. The highest BCUT2D eigenvalue weighted by Gasteiger charge is 2.21. The summed E-state index contributed by atoms with van der Waals surface area (Å²) in [6.45, 7) is 10.2. The predicted molar refractivity (Wildman–Crippen MR) is 89.3 cm³/mol. The van der Waals surface area contributed by atoms with Crippen molar-refractivity contribution in [3.8, 4) is 5.75 Å². The van der Waals surface area contributed by atoms with Gasteiger partial charge in [-0.3, -0.25) is 4.79 Å². The maximum absolute atomic E-state index is 12.2. The number of hydrogen-bond acceptors (Lipinski definition) is 3. The molecule has 1 heterocycles. The molecule has 4 heteroatoms. The van der Waals surface area contributed by atoms with Crippen LogP contribution in [-0.2, 0) is 10.2 Å². The molecule has 122 valence electrons. The first kappa shape index (κ1) is 16.8. The second kappa shape index (κ2) is 7.14. The molecule has 22 heavy (non-hydrogen) atoms. The van der Waals surface area contributed by atoms with Crippen LogP contribution >= 0.6 is 0 Å². The van der Waals surface area contributed by atoms with E-state index in [9.17, 15) is 4.79 Å². The van der Waals surface area contributed by atoms with Crippen molar-refractivity contribution in [3.05, 3.63) is 29.8 Å². The topological polar surface area (TPSA) is 50.4 Å². The third-order valence-corrected chi connectivity index (χ3v) is 4.03. The van der Waals surface area contributed by atoms with Gasteiger partial charge in [0.15, 0.2) is 6.10 Å². The van der Waals surface area contributed by atoms with E-state index < -0.39 is 6.10 Å². The van der Waals surface area contributed by atoms with E-state index in [1.807, 2.05) is 18.2 Å². The quantitative estimate of drug-likeness (QED) is 0.899. The maximum atomic E-state index is 12.2. The summed E-state index contributed by atoms with van der Waals surface area (Å²) >= 11 is 0. The summed E-state index contributed by atoms with van der Waals surface area (Å²) in [5.74, 6) is 0.701. The van der Waals surface area contributed by atoms with E-state index in [1.165, 1.54) is 5.56 Å². The van der Waals surface area contributed by atoms with Gasteiger partial charge >= 0.3 is 0 Å². The van der Waals surface area contributed by atoms with Crippen molar-refractivity contribution in [3.63, 3.8) is 0 Å². The molecule has 1 aliphatic rings. The van der Waals surface area contributed by atoms with Crippen molar-refractivity contribution in [1.29, 1.82) is 0 Å². The molecule has 0 saturated carbocycles. The lowest BCUT2D eigenvalue weighted by molar-refractivity contribution is -0.128. The standard InChI is InChI=1S/C18H28N2O2/c1-13(17(21)20-15-8-6-10-19-12-15)22-16-9-5-7-14(11-16)18(2,3)4/h5,7,9,11,13,15,19H,6,8,10,12H2,1-4H3,(H,20,21). The Bertz CT molecular complexity index is 502. The van der Waals surface area contributed by atoms with Gasteiger partial charge in [-0.2, -0.15) is 0 Å². The minimum Gasteiger partial charge on any atom is -0.481 e. The van der Waals surface area contributed by atoms with E-state index in [1.54, 1.807) is 6.92 Å². The van der Waals surface area contributed by atoms with Gasteiger partial charge < -0.3 is 15.4 Å². The summed E-state index contributed by atoms with van der Waals surface area (Å²) in [5, 5.41) is 6.35. The fourth-order valence-electron chi connectivity index (χ4n) is 2.59. The highest BCUT2D eigenvalue weighted by molar-refractivity contribution is 5.81. The van der Waals surface area contributed by atoms with Gasteiger partial charge in [-0.25, -0.2) is 0 Å². The fourth-order valence-corrected chi connectivity index (χ4v) is 2.59. The minimum absolute atomic E-state index is 0.0464. The highest BCUT2D eigenvalue weighted by Crippen LogP contribution is 2.26. The second-order valence-electron chi connectivity index (χ2n) is 7.09. The molecule has 1 fully saturated rings. The normalized spacial score (nSPS) is 20.3. The lowest BCUT2D eigenvalue weighted by Gasteiger charge is -2.26. The smallest absolute Gasteiger partial charge is 0.261 e. The number of carbonyl (C=O) groups excluding carboxylic acids is 1. The number of rotatable bonds is 4. The first-order valence-electron chi connectivity index (χ1n) is 8.14. The number of ether oxygens (including phenoxy) is 1. The van der Waals surface area contributed by atoms with Crippen molar-refractivity contribution >= 4 is 5.91 Å². The van der Waals surface area contributed by atoms with Gasteiger partial charge in [-0.15, -0.1) is 0 Å². The zero-order valence-electron chi connectivity index (χ0n) is 14.1. The van der Waals surface area contributed by atoms with Crippen molar-refractivity contribution in [2.75, 3.05) is 13.1 Å². The van der Waals surface area contributed by atoms with Crippen molar-refractivity contribution in [2.24, 2.45) is 0 Å². The third kappa shape index (κ3) is 4.73. The average Bonchev–Trinajstić information content (AvgIpc) is 2.47. The largest absolute Gasteiger partial charge is 0.481 e. The molecule has 1 aromatic rings. The molecule has 1 aliphatic heterocycles. The molecule has 1 aromatic carbocycles. The van der Waals surface area contributed by atoms with Gasteiger partial charge in [0.2, 0.25) is 0 Å². The maximum Gasteiger partial charge on any atom is 0.261 e. The molecule has 2 rings (SSSR count). The van der Waals surface area contributed by atoms with Crippen LogP contribution in [0.3, 0.4) is 0 Å². The summed E-state index contributed by atoms with van der Waals surface area (Å²) in [4.78, 5) is 12.2. The van der Waals surface area contributed by atoms with E-state index in [0.717, 1.165) is 31.7 Å². The molecule has 1 amide bonds. The molecule has 0 spiro atoms. The van der Waals surface area contributed by atoms with Crippen LogP contribution < -0.4 is 15.4 Å². The van der Waals surface area contributed by atoms with E-state index in [-0.39, 0.29) is 17.4 Å². The molecule has 2 N–H and O–H groups in total. The summed E-state index contributed by atoms with van der Waals surface area (Å²) in [6.07, 6.45) is 1.65. The van der Waals surface area contributed by atoms with E-state index in [0.29, 0.717) is 0 Å². The summed E-state index contributed by atoms with van der Waals surface area (Å²) < 4.78 is 5.82. The van der Waals surface area contributed by atoms with Crippen molar-refractivity contribution in [1.82, 2.24) is 10.6 Å². The number of nitrogens with one attached hydrogen (secondary N) is 2. The summed E-state index contributed by atoms with van der Waals surface area (Å²) in [6, 6.07) is 8.21. The predicted octanol–water partition coefficient (Wildman–Crippen LogP) is 2.62. The number of hydrogen-bond donors (Lipinski definition) is 2. The molecule has 4 nitrogen and oxygen atoms in total. The van der Waals surface area contributed by atoms with Crippen LogP contribution in [0.15, 0.2) is 24.3 Å². The Kier molecular flexibility index (Phi) is 5.46. The van der Waals surface area contributed by atoms with Crippen LogP contribution in [0.4, 0.5) is 0 Å². The highest BCUT2D eigenvalue weighted by atomic mass is 16.5. The third-order valence-electron chi connectivity index (χ3n) is 4.03. The molecule has 0 bridgehead atoms. The molecule has 0 radical (unpaired) electrons.